The highest BCUT2D eigenvalue weighted by Crippen LogP contribution is 2.40. The van der Waals surface area contributed by atoms with Crippen molar-refractivity contribution in [3.8, 4) is 0 Å². The molecule has 1 saturated carbocycles. The van der Waals surface area contributed by atoms with Crippen molar-refractivity contribution in [3.05, 3.63) is 82.9 Å². The maximum absolute atomic E-state index is 14.0. The zero-order chi connectivity index (χ0) is 28.6. The molecule has 0 spiro atoms. The lowest BCUT2D eigenvalue weighted by atomic mass is 10.0. The molecule has 2 aliphatic carbocycles. The Balaban J connectivity index is 1.21. The van der Waals surface area contributed by atoms with Gasteiger partial charge >= 0.3 is 0 Å². The summed E-state index contributed by atoms with van der Waals surface area (Å²) in [6, 6.07) is 10.7. The number of nitrogens with one attached hydrogen (secondary N) is 2. The Labute approximate surface area is 245 Å². The quantitative estimate of drug-likeness (QED) is 0.266. The highest BCUT2D eigenvalue weighted by atomic mass is 16.3. The highest BCUT2D eigenvalue weighted by molar-refractivity contribution is 5.81. The molecule has 0 bridgehead atoms. The summed E-state index contributed by atoms with van der Waals surface area (Å²) in [5, 5.41) is 7.62. The second-order valence-electron chi connectivity index (χ2n) is 11.8. The molecule has 4 aromatic rings. The van der Waals surface area contributed by atoms with Gasteiger partial charge in [-0.05, 0) is 98.9 Å². The molecule has 1 atom stereocenters. The largest absolute Gasteiger partial charge is 0.446 e. The number of hydrogen-bond donors (Lipinski definition) is 2. The van der Waals surface area contributed by atoms with Crippen LogP contribution in [0.4, 0.5) is 17.3 Å². The van der Waals surface area contributed by atoms with Crippen LogP contribution in [0.3, 0.4) is 0 Å². The monoisotopic (exact) mass is 563 g/mol. The molecule has 2 fully saturated rings. The lowest BCUT2D eigenvalue weighted by Gasteiger charge is -2.33. The Morgan fingerprint density at radius 1 is 1.19 bits per heavy atom. The van der Waals surface area contributed by atoms with Crippen molar-refractivity contribution in [3.63, 3.8) is 0 Å². The van der Waals surface area contributed by atoms with E-state index in [0.717, 1.165) is 67.5 Å². The number of oxazole rings is 1. The molecule has 42 heavy (non-hydrogen) atoms. The number of piperidine rings is 1. The van der Waals surface area contributed by atoms with E-state index < -0.39 is 0 Å². The fourth-order valence-corrected chi connectivity index (χ4v) is 6.21. The summed E-state index contributed by atoms with van der Waals surface area (Å²) >= 11 is 0. The Morgan fingerprint density at radius 3 is 2.79 bits per heavy atom. The van der Waals surface area contributed by atoms with Gasteiger partial charge in [-0.3, -0.25) is 9.36 Å². The lowest BCUT2D eigenvalue weighted by Crippen LogP contribution is -2.44. The number of nitrogens with zero attached hydrogens (tertiary/aromatic N) is 5. The minimum atomic E-state index is -0.114. The van der Waals surface area contributed by atoms with Gasteiger partial charge in [0.25, 0.3) is 5.56 Å². The van der Waals surface area contributed by atoms with Gasteiger partial charge in [0.05, 0.1) is 6.54 Å². The van der Waals surface area contributed by atoms with Crippen LogP contribution in [0.15, 0.2) is 64.8 Å². The number of likely N-dealkylation sites (N-methyl/N-ethyl adjacent to an activating group) is 1. The van der Waals surface area contributed by atoms with Crippen LogP contribution >= 0.6 is 0 Å². The summed E-state index contributed by atoms with van der Waals surface area (Å²) in [6.07, 6.45) is 13.1. The second-order valence-corrected chi connectivity index (χ2v) is 11.8. The molecular weight excluding hydrogens is 526 g/mol. The summed E-state index contributed by atoms with van der Waals surface area (Å²) in [4.78, 5) is 30.3. The van der Waals surface area contributed by atoms with Gasteiger partial charge in [0.15, 0.2) is 12.2 Å². The highest BCUT2D eigenvalue weighted by Gasteiger charge is 2.28. The summed E-state index contributed by atoms with van der Waals surface area (Å²) in [5.41, 5.74) is 6.02. The van der Waals surface area contributed by atoms with Gasteiger partial charge < -0.3 is 20.0 Å². The number of pyridine rings is 1. The van der Waals surface area contributed by atoms with Crippen LogP contribution in [-0.2, 0) is 6.54 Å². The third-order valence-corrected chi connectivity index (χ3v) is 8.88. The van der Waals surface area contributed by atoms with E-state index in [4.69, 9.17) is 9.40 Å². The van der Waals surface area contributed by atoms with Crippen LogP contribution in [0.5, 0.6) is 0 Å². The van der Waals surface area contributed by atoms with E-state index >= 15 is 0 Å². The van der Waals surface area contributed by atoms with Crippen molar-refractivity contribution < 1.29 is 4.42 Å². The third kappa shape index (κ3) is 5.25. The molecule has 1 saturated heterocycles. The molecule has 1 unspecified atom stereocenters. The number of anilines is 3. The molecule has 0 radical (unpaired) electrons. The zero-order valence-electron chi connectivity index (χ0n) is 24.1. The molecule has 1 aromatic carbocycles. The molecule has 3 aliphatic rings. The third-order valence-electron chi connectivity index (χ3n) is 8.88. The van der Waals surface area contributed by atoms with Crippen LogP contribution in [0.1, 0.15) is 62.0 Å². The predicted octanol–water partition coefficient (Wildman–Crippen LogP) is 5.75. The van der Waals surface area contributed by atoms with Gasteiger partial charge in [-0.1, -0.05) is 12.7 Å². The van der Waals surface area contributed by atoms with Gasteiger partial charge in [0.2, 0.25) is 5.95 Å². The van der Waals surface area contributed by atoms with Crippen LogP contribution in [0.2, 0.25) is 0 Å². The zero-order valence-corrected chi connectivity index (χ0v) is 24.1. The Bertz CT molecular complexity index is 1710. The Hall–Kier alpha value is -4.24. The van der Waals surface area contributed by atoms with Crippen molar-refractivity contribution in [1.29, 1.82) is 0 Å². The maximum Gasteiger partial charge on any atom is 0.260 e. The number of allylic oxidation sites excluding steroid dienone is 3. The molecule has 2 N–H and O–H groups in total. The number of benzene rings is 1. The Morgan fingerprint density at radius 2 is 2.05 bits per heavy atom. The predicted molar refractivity (Wildman–Crippen MR) is 167 cm³/mol. The average Bonchev–Trinajstić information content (AvgIpc) is 3.53. The molecule has 1 aliphatic heterocycles. The molecule has 216 valence electrons. The smallest absolute Gasteiger partial charge is 0.260 e. The van der Waals surface area contributed by atoms with Crippen molar-refractivity contribution in [2.75, 3.05) is 30.4 Å². The van der Waals surface area contributed by atoms with E-state index in [-0.39, 0.29) is 12.1 Å². The van der Waals surface area contributed by atoms with Crippen molar-refractivity contribution in [2.45, 2.75) is 57.5 Å². The average molecular weight is 564 g/mol. The van der Waals surface area contributed by atoms with E-state index in [9.17, 15) is 4.79 Å². The van der Waals surface area contributed by atoms with Crippen LogP contribution < -0.4 is 21.1 Å². The van der Waals surface area contributed by atoms with Crippen LogP contribution in [-0.4, -0.2) is 45.7 Å². The molecule has 4 heterocycles. The fourth-order valence-electron chi connectivity index (χ4n) is 6.21. The summed E-state index contributed by atoms with van der Waals surface area (Å²) in [5.74, 6) is 1.46. The summed E-state index contributed by atoms with van der Waals surface area (Å²) in [6.45, 7) is 6.62. The van der Waals surface area contributed by atoms with E-state index in [1.54, 1.807) is 10.8 Å². The summed E-state index contributed by atoms with van der Waals surface area (Å²) in [7, 11) is 2.15. The van der Waals surface area contributed by atoms with Crippen molar-refractivity contribution >= 4 is 39.5 Å². The van der Waals surface area contributed by atoms with E-state index in [1.165, 1.54) is 30.5 Å². The number of hydrogen-bond acceptors (Lipinski definition) is 8. The number of fused-ring (bicyclic) bond motifs is 1. The van der Waals surface area contributed by atoms with Gasteiger partial charge in [-0.15, -0.1) is 0 Å². The van der Waals surface area contributed by atoms with E-state index in [2.05, 4.69) is 57.3 Å². The first kappa shape index (κ1) is 26.6. The lowest BCUT2D eigenvalue weighted by molar-refractivity contribution is 0.445. The minimum absolute atomic E-state index is 0.114. The summed E-state index contributed by atoms with van der Waals surface area (Å²) < 4.78 is 7.54. The molecule has 9 heteroatoms. The first-order chi connectivity index (χ1) is 20.5. The van der Waals surface area contributed by atoms with Crippen LogP contribution in [0, 0.1) is 5.92 Å². The SMILES string of the molecule is C=C(c1cc2cnc(Nc3ccc(N(C)C4CCCNC4)cc3)nc2n(Cc2ocnc2C2=CCCC2)c1=O)C1CC1. The van der Waals surface area contributed by atoms with E-state index in [1.807, 2.05) is 18.2 Å². The molecule has 0 amide bonds. The van der Waals surface area contributed by atoms with Crippen molar-refractivity contribution in [1.82, 2.24) is 24.8 Å². The fraction of sp³-hybridized carbons (Fsp3) is 0.394. The molecule has 9 nitrogen and oxygen atoms in total. The second kappa shape index (κ2) is 11.2. The Kier molecular flexibility index (Phi) is 7.11. The maximum atomic E-state index is 14.0. The first-order valence-corrected chi connectivity index (χ1v) is 15.1. The molecule has 3 aromatic heterocycles. The van der Waals surface area contributed by atoms with E-state index in [0.29, 0.717) is 34.9 Å². The van der Waals surface area contributed by atoms with Crippen molar-refractivity contribution in [2.24, 2.45) is 5.92 Å². The number of aromatic nitrogens is 4. The van der Waals surface area contributed by atoms with Gasteiger partial charge in [0.1, 0.15) is 11.3 Å². The molecular formula is C33H37N7O2. The van der Waals surface area contributed by atoms with Gasteiger partial charge in [0, 0.05) is 48.2 Å². The normalized spacial score (nSPS) is 18.7. The van der Waals surface area contributed by atoms with Crippen LogP contribution in [0.25, 0.3) is 22.2 Å². The van der Waals surface area contributed by atoms with Gasteiger partial charge in [-0.25, -0.2) is 9.97 Å². The first-order valence-electron chi connectivity index (χ1n) is 15.1. The standard InChI is InChI=1S/C33H37N7O2/c1-21(22-9-10-22)28-16-24-17-35-33(37-25-11-13-26(14-12-25)39(2)27-8-5-15-34-18-27)38-31(24)40(32(28)41)19-29-30(36-20-42-29)23-6-3-4-7-23/h6,11-14,16-17,20,22,27,34H,1,3-5,7-10,15,18-19H2,2H3,(H,35,37,38). The minimum Gasteiger partial charge on any atom is -0.446 e. The topological polar surface area (TPSA) is 101 Å². The number of rotatable bonds is 9. The molecule has 7 rings (SSSR count). The van der Waals surface area contributed by atoms with Gasteiger partial charge in [-0.2, -0.15) is 4.98 Å².